The van der Waals surface area contributed by atoms with Gasteiger partial charge in [-0.3, -0.25) is 14.9 Å². The number of non-ortho nitro benzene ring substituents is 1. The minimum absolute atomic E-state index is 0.0806. The molecule has 2 aromatic carbocycles. The molecule has 0 aliphatic heterocycles. The number of nitrogens with zero attached hydrogens (tertiary/aromatic N) is 1. The molecule has 0 aliphatic rings. The largest absolute Gasteiger partial charge is 0.452 e. The van der Waals surface area contributed by atoms with Crippen LogP contribution in [0.15, 0.2) is 48.5 Å². The monoisotopic (exact) mass is 378 g/mol. The van der Waals surface area contributed by atoms with Gasteiger partial charge in [-0.05, 0) is 35.9 Å². The molecule has 134 valence electrons. The van der Waals surface area contributed by atoms with Crippen LogP contribution in [0.4, 0.5) is 15.8 Å². The molecule has 0 aromatic heterocycles. The summed E-state index contributed by atoms with van der Waals surface area (Å²) in [4.78, 5) is 33.2. The highest BCUT2D eigenvalue weighted by Crippen LogP contribution is 2.17. The number of carbonyl (C=O) groups is 2. The Morgan fingerprint density at radius 3 is 2.54 bits per heavy atom. The van der Waals surface area contributed by atoms with Gasteiger partial charge in [-0.2, -0.15) is 0 Å². The number of nitro benzene ring substituents is 1. The first-order valence-corrected chi connectivity index (χ1v) is 7.57. The van der Waals surface area contributed by atoms with Gasteiger partial charge in [0.25, 0.3) is 11.6 Å². The maximum Gasteiger partial charge on any atom is 0.331 e. The minimum Gasteiger partial charge on any atom is -0.452 e. The number of hydrogen-bond acceptors (Lipinski definition) is 5. The summed E-state index contributed by atoms with van der Waals surface area (Å²) in [7, 11) is 0. The molecule has 0 radical (unpaired) electrons. The Kier molecular flexibility index (Phi) is 6.40. The van der Waals surface area contributed by atoms with Crippen LogP contribution >= 0.6 is 11.6 Å². The standard InChI is InChI=1S/C17H12ClFN2O5/c18-14-9-11(1-7-15(14)19)2-8-17(23)26-10-16(22)20-12-3-5-13(6-4-12)21(24)25/h1-9H,10H2,(H,20,22)/b8-2+. The van der Waals surface area contributed by atoms with Gasteiger partial charge < -0.3 is 10.1 Å². The third kappa shape index (κ3) is 5.67. The van der Waals surface area contributed by atoms with Gasteiger partial charge in [-0.1, -0.05) is 17.7 Å². The van der Waals surface area contributed by atoms with Crippen molar-refractivity contribution in [2.45, 2.75) is 0 Å². The summed E-state index contributed by atoms with van der Waals surface area (Å²) in [5.74, 6) is -1.95. The number of benzene rings is 2. The molecule has 0 saturated carbocycles. The maximum atomic E-state index is 13.0. The van der Waals surface area contributed by atoms with Crippen LogP contribution in [-0.4, -0.2) is 23.4 Å². The van der Waals surface area contributed by atoms with Crippen molar-refractivity contribution in [3.63, 3.8) is 0 Å². The van der Waals surface area contributed by atoms with Crippen molar-refractivity contribution in [3.8, 4) is 0 Å². The smallest absolute Gasteiger partial charge is 0.331 e. The first kappa shape index (κ1) is 19.1. The fourth-order valence-corrected chi connectivity index (χ4v) is 2.02. The molecular weight excluding hydrogens is 367 g/mol. The first-order valence-electron chi connectivity index (χ1n) is 7.19. The normalized spacial score (nSPS) is 10.5. The zero-order valence-corrected chi connectivity index (χ0v) is 13.9. The molecule has 26 heavy (non-hydrogen) atoms. The summed E-state index contributed by atoms with van der Waals surface area (Å²) in [6.07, 6.45) is 2.44. The number of carbonyl (C=O) groups excluding carboxylic acids is 2. The zero-order chi connectivity index (χ0) is 19.1. The molecule has 9 heteroatoms. The van der Waals surface area contributed by atoms with E-state index in [-0.39, 0.29) is 10.7 Å². The van der Waals surface area contributed by atoms with Crippen molar-refractivity contribution in [1.29, 1.82) is 0 Å². The third-order valence-corrected chi connectivity index (χ3v) is 3.35. The van der Waals surface area contributed by atoms with E-state index in [0.29, 0.717) is 11.3 Å². The fraction of sp³-hybridized carbons (Fsp3) is 0.0588. The van der Waals surface area contributed by atoms with E-state index in [4.69, 9.17) is 16.3 Å². The molecule has 7 nitrogen and oxygen atoms in total. The van der Waals surface area contributed by atoms with Crippen molar-refractivity contribution in [2.75, 3.05) is 11.9 Å². The van der Waals surface area contributed by atoms with Crippen molar-refractivity contribution in [2.24, 2.45) is 0 Å². The van der Waals surface area contributed by atoms with Gasteiger partial charge >= 0.3 is 5.97 Å². The van der Waals surface area contributed by atoms with E-state index in [0.717, 1.165) is 12.1 Å². The number of nitrogens with one attached hydrogen (secondary N) is 1. The molecule has 1 N–H and O–H groups in total. The average Bonchev–Trinajstić information content (AvgIpc) is 2.61. The highest BCUT2D eigenvalue weighted by molar-refractivity contribution is 6.30. The predicted molar refractivity (Wildman–Crippen MR) is 93.1 cm³/mol. The van der Waals surface area contributed by atoms with Crippen molar-refractivity contribution >= 4 is 40.9 Å². The summed E-state index contributed by atoms with van der Waals surface area (Å²) in [5, 5.41) is 12.9. The molecule has 0 atom stereocenters. The summed E-state index contributed by atoms with van der Waals surface area (Å²) >= 11 is 5.62. The van der Waals surface area contributed by atoms with Crippen LogP contribution in [0.1, 0.15) is 5.56 Å². The van der Waals surface area contributed by atoms with E-state index in [9.17, 15) is 24.1 Å². The van der Waals surface area contributed by atoms with Gasteiger partial charge in [0.05, 0.1) is 9.95 Å². The Morgan fingerprint density at radius 1 is 1.23 bits per heavy atom. The SMILES string of the molecule is O=C(COC(=O)/C=C/c1ccc(F)c(Cl)c1)Nc1ccc([N+](=O)[O-])cc1. The number of halogens is 2. The number of hydrogen-bond donors (Lipinski definition) is 1. The molecule has 2 rings (SSSR count). The minimum atomic E-state index is -0.774. The molecule has 2 aromatic rings. The molecule has 0 spiro atoms. The number of rotatable bonds is 6. The first-order chi connectivity index (χ1) is 12.3. The van der Waals surface area contributed by atoms with E-state index in [2.05, 4.69) is 5.32 Å². The summed E-state index contributed by atoms with van der Waals surface area (Å²) in [5.41, 5.74) is 0.706. The lowest BCUT2D eigenvalue weighted by molar-refractivity contribution is -0.384. The molecule has 0 heterocycles. The lowest BCUT2D eigenvalue weighted by Crippen LogP contribution is -2.20. The highest BCUT2D eigenvalue weighted by Gasteiger charge is 2.08. The second-order valence-corrected chi connectivity index (χ2v) is 5.37. The quantitative estimate of drug-likeness (QED) is 0.358. The van der Waals surface area contributed by atoms with Crippen LogP contribution in [0.25, 0.3) is 6.08 Å². The molecular formula is C17H12ClFN2O5. The number of ether oxygens (including phenoxy) is 1. The van der Waals surface area contributed by atoms with Crippen LogP contribution in [0.2, 0.25) is 5.02 Å². The van der Waals surface area contributed by atoms with Crippen LogP contribution in [-0.2, 0) is 14.3 Å². The van der Waals surface area contributed by atoms with Gasteiger partial charge in [-0.25, -0.2) is 9.18 Å². The predicted octanol–water partition coefficient (Wildman–Crippen LogP) is 3.58. The number of esters is 1. The zero-order valence-electron chi connectivity index (χ0n) is 13.1. The van der Waals surface area contributed by atoms with Crippen molar-refractivity contribution in [1.82, 2.24) is 0 Å². The van der Waals surface area contributed by atoms with Gasteiger partial charge in [0.1, 0.15) is 5.82 Å². The van der Waals surface area contributed by atoms with Gasteiger partial charge in [0, 0.05) is 23.9 Å². The van der Waals surface area contributed by atoms with E-state index >= 15 is 0 Å². The van der Waals surface area contributed by atoms with Crippen molar-refractivity contribution < 1.29 is 23.6 Å². The van der Waals surface area contributed by atoms with E-state index in [1.165, 1.54) is 42.5 Å². The molecule has 0 aliphatic carbocycles. The summed E-state index contributed by atoms with van der Waals surface area (Å²) < 4.78 is 17.8. The Morgan fingerprint density at radius 2 is 1.92 bits per heavy atom. The van der Waals surface area contributed by atoms with Crippen molar-refractivity contribution in [3.05, 3.63) is 75.1 Å². The lowest BCUT2D eigenvalue weighted by Gasteiger charge is -2.05. The van der Waals surface area contributed by atoms with E-state index < -0.39 is 29.2 Å². The Balaban J connectivity index is 1.82. The van der Waals surface area contributed by atoms with Gasteiger partial charge in [-0.15, -0.1) is 0 Å². The Bertz CT molecular complexity index is 868. The van der Waals surface area contributed by atoms with E-state index in [1.807, 2.05) is 0 Å². The van der Waals surface area contributed by atoms with Crippen LogP contribution < -0.4 is 5.32 Å². The second kappa shape index (κ2) is 8.72. The molecule has 0 unspecified atom stereocenters. The van der Waals surface area contributed by atoms with Gasteiger partial charge in [0.15, 0.2) is 6.61 Å². The molecule has 1 amide bonds. The summed E-state index contributed by atoms with van der Waals surface area (Å²) in [6, 6.07) is 9.10. The molecule has 0 bridgehead atoms. The van der Waals surface area contributed by atoms with Crippen LogP contribution in [0, 0.1) is 15.9 Å². The topological polar surface area (TPSA) is 98.5 Å². The van der Waals surface area contributed by atoms with Crippen LogP contribution in [0.3, 0.4) is 0 Å². The van der Waals surface area contributed by atoms with Crippen LogP contribution in [0.5, 0.6) is 0 Å². The average molecular weight is 379 g/mol. The third-order valence-electron chi connectivity index (χ3n) is 3.06. The highest BCUT2D eigenvalue weighted by atomic mass is 35.5. The number of amides is 1. The second-order valence-electron chi connectivity index (χ2n) is 4.97. The number of anilines is 1. The Labute approximate surface area is 152 Å². The Hall–Kier alpha value is -3.26. The lowest BCUT2D eigenvalue weighted by atomic mass is 10.2. The number of nitro groups is 1. The maximum absolute atomic E-state index is 13.0. The fourth-order valence-electron chi connectivity index (χ4n) is 1.83. The molecule has 0 saturated heterocycles. The molecule has 0 fully saturated rings. The van der Waals surface area contributed by atoms with E-state index in [1.54, 1.807) is 0 Å². The van der Waals surface area contributed by atoms with Gasteiger partial charge in [0.2, 0.25) is 0 Å². The summed E-state index contributed by atoms with van der Waals surface area (Å²) in [6.45, 7) is -0.537.